The third kappa shape index (κ3) is 1.76. The maximum absolute atomic E-state index is 13.0. The van der Waals surface area contributed by atoms with E-state index in [1.807, 2.05) is 5.32 Å². The van der Waals surface area contributed by atoms with E-state index in [9.17, 15) is 23.9 Å². The summed E-state index contributed by atoms with van der Waals surface area (Å²) in [6.45, 7) is 0. The lowest BCUT2D eigenvalue weighted by Gasteiger charge is -2.13. The molecule has 2 heterocycles. The minimum absolute atomic E-state index is 0.0890. The van der Waals surface area contributed by atoms with Gasteiger partial charge in [-0.2, -0.15) is 0 Å². The number of rotatable bonds is 1. The molecule has 0 saturated heterocycles. The van der Waals surface area contributed by atoms with Gasteiger partial charge in [0.2, 0.25) is 0 Å². The molecule has 1 aromatic heterocycles. The zero-order valence-corrected chi connectivity index (χ0v) is 10.4. The molecule has 106 valence electrons. The second-order valence-electron chi connectivity index (χ2n) is 4.41. The Morgan fingerprint density at radius 3 is 2.52 bits per heavy atom. The van der Waals surface area contributed by atoms with E-state index in [2.05, 4.69) is 0 Å². The first kappa shape index (κ1) is 12.9. The van der Waals surface area contributed by atoms with Gasteiger partial charge in [-0.15, -0.1) is 0 Å². The number of carbonyl (C=O) groups excluding carboxylic acids is 2. The zero-order chi connectivity index (χ0) is 15.3. The van der Waals surface area contributed by atoms with Gasteiger partial charge in [0.1, 0.15) is 17.4 Å². The Labute approximate surface area is 116 Å². The highest BCUT2D eigenvalue weighted by Gasteiger charge is 2.32. The number of fused-ring (bicyclic) bond motifs is 1. The lowest BCUT2D eigenvalue weighted by molar-refractivity contribution is 0.0880. The van der Waals surface area contributed by atoms with Gasteiger partial charge < -0.3 is 10.8 Å². The van der Waals surface area contributed by atoms with Crippen molar-refractivity contribution >= 4 is 17.6 Å². The van der Waals surface area contributed by atoms with Crippen LogP contribution < -0.4 is 16.6 Å². The largest absolute Gasteiger partial charge is 0.506 e. The molecule has 0 unspecified atom stereocenters. The Hall–Kier alpha value is -3.16. The summed E-state index contributed by atoms with van der Waals surface area (Å²) in [6.07, 6.45) is 0. The number of pyridine rings is 1. The molecule has 2 amide bonds. The highest BCUT2D eigenvalue weighted by atomic mass is 19.1. The minimum atomic E-state index is -0.733. The van der Waals surface area contributed by atoms with Gasteiger partial charge in [-0.05, 0) is 12.1 Å². The smallest absolute Gasteiger partial charge is 0.262 e. The fraction of sp³-hybridized carbons (Fsp3) is 0. The number of hydrogen-bond acceptors (Lipinski definition) is 5. The average molecular weight is 289 g/mol. The van der Waals surface area contributed by atoms with Crippen molar-refractivity contribution in [2.75, 3.05) is 5.73 Å². The standard InChI is InChI=1S/C13H8FN3O4/c14-5-1-2-7(8(18)3-5)17-9(19)4-6-10(11(17)15)13(21)16-12(6)20/h1-4,18H,15H2,(H,16,20,21). The number of imide groups is 1. The monoisotopic (exact) mass is 289 g/mol. The third-order valence-corrected chi connectivity index (χ3v) is 3.13. The van der Waals surface area contributed by atoms with Crippen molar-refractivity contribution < 1.29 is 19.1 Å². The summed E-state index contributed by atoms with van der Waals surface area (Å²) in [4.78, 5) is 35.3. The van der Waals surface area contributed by atoms with Crippen LogP contribution in [0.15, 0.2) is 29.1 Å². The first-order chi connectivity index (χ1) is 9.90. The lowest BCUT2D eigenvalue weighted by atomic mass is 10.1. The number of nitrogens with two attached hydrogens (primary N) is 1. The SMILES string of the molecule is Nc1c2c(cc(=O)n1-c1ccc(F)cc1O)C(=O)NC2=O. The van der Waals surface area contributed by atoms with Crippen LogP contribution in [0.4, 0.5) is 10.2 Å². The van der Waals surface area contributed by atoms with Crippen molar-refractivity contribution in [1.82, 2.24) is 9.88 Å². The highest BCUT2D eigenvalue weighted by Crippen LogP contribution is 2.27. The summed E-state index contributed by atoms with van der Waals surface area (Å²) < 4.78 is 13.8. The van der Waals surface area contributed by atoms with Gasteiger partial charge in [0.15, 0.2) is 0 Å². The van der Waals surface area contributed by atoms with Gasteiger partial charge in [0, 0.05) is 12.1 Å². The van der Waals surface area contributed by atoms with E-state index in [0.717, 1.165) is 28.8 Å². The molecule has 8 heteroatoms. The van der Waals surface area contributed by atoms with E-state index in [1.165, 1.54) is 0 Å². The molecule has 3 rings (SSSR count). The molecule has 0 fully saturated rings. The number of phenols is 1. The van der Waals surface area contributed by atoms with E-state index in [4.69, 9.17) is 5.73 Å². The van der Waals surface area contributed by atoms with Crippen molar-refractivity contribution in [3.8, 4) is 11.4 Å². The number of anilines is 1. The fourth-order valence-corrected chi connectivity index (χ4v) is 2.21. The number of aromatic hydroxyl groups is 1. The quantitative estimate of drug-likeness (QED) is 0.646. The van der Waals surface area contributed by atoms with Crippen LogP contribution in [0.2, 0.25) is 0 Å². The number of phenolic OH excluding ortho intramolecular Hbond substituents is 1. The van der Waals surface area contributed by atoms with Crippen molar-refractivity contribution in [3.05, 3.63) is 51.6 Å². The lowest BCUT2D eigenvalue weighted by Crippen LogP contribution is -2.24. The van der Waals surface area contributed by atoms with Crippen molar-refractivity contribution in [3.63, 3.8) is 0 Å². The maximum Gasteiger partial charge on any atom is 0.262 e. The molecule has 0 aliphatic carbocycles. The van der Waals surface area contributed by atoms with Gasteiger partial charge in [0.25, 0.3) is 17.4 Å². The molecule has 0 radical (unpaired) electrons. The van der Waals surface area contributed by atoms with Crippen LogP contribution >= 0.6 is 0 Å². The normalized spacial score (nSPS) is 13.2. The second kappa shape index (κ2) is 4.17. The second-order valence-corrected chi connectivity index (χ2v) is 4.41. The molecule has 21 heavy (non-hydrogen) atoms. The Balaban J connectivity index is 2.35. The highest BCUT2D eigenvalue weighted by molar-refractivity contribution is 6.23. The summed E-state index contributed by atoms with van der Waals surface area (Å²) in [7, 11) is 0. The van der Waals surface area contributed by atoms with Crippen LogP contribution in [-0.2, 0) is 0 Å². The zero-order valence-electron chi connectivity index (χ0n) is 10.4. The van der Waals surface area contributed by atoms with Gasteiger partial charge >= 0.3 is 0 Å². The summed E-state index contributed by atoms with van der Waals surface area (Å²) in [5.41, 5.74) is 4.68. The van der Waals surface area contributed by atoms with Crippen LogP contribution in [-0.4, -0.2) is 21.5 Å². The van der Waals surface area contributed by atoms with Crippen molar-refractivity contribution in [2.24, 2.45) is 0 Å². The topological polar surface area (TPSA) is 114 Å². The van der Waals surface area contributed by atoms with Gasteiger partial charge in [0.05, 0.1) is 16.8 Å². The van der Waals surface area contributed by atoms with Gasteiger partial charge in [-0.25, -0.2) is 4.39 Å². The fourth-order valence-electron chi connectivity index (χ4n) is 2.21. The molecular weight excluding hydrogens is 281 g/mol. The van der Waals surface area contributed by atoms with Crippen LogP contribution in [0.5, 0.6) is 5.75 Å². The molecule has 1 aliphatic rings. The number of benzene rings is 1. The van der Waals surface area contributed by atoms with E-state index in [1.54, 1.807) is 0 Å². The van der Waals surface area contributed by atoms with Gasteiger partial charge in [-0.1, -0.05) is 0 Å². The van der Waals surface area contributed by atoms with Crippen LogP contribution in [0.25, 0.3) is 5.69 Å². The van der Waals surface area contributed by atoms with Crippen molar-refractivity contribution in [1.29, 1.82) is 0 Å². The van der Waals surface area contributed by atoms with Crippen molar-refractivity contribution in [2.45, 2.75) is 0 Å². The van der Waals surface area contributed by atoms with E-state index in [-0.39, 0.29) is 22.6 Å². The van der Waals surface area contributed by atoms with E-state index >= 15 is 0 Å². The maximum atomic E-state index is 13.0. The van der Waals surface area contributed by atoms with E-state index in [0.29, 0.717) is 0 Å². The summed E-state index contributed by atoms with van der Waals surface area (Å²) in [5, 5.41) is 11.8. The van der Waals surface area contributed by atoms with Gasteiger partial charge in [-0.3, -0.25) is 24.3 Å². The molecule has 4 N–H and O–H groups in total. The molecule has 0 bridgehead atoms. The predicted octanol–water partition coefficient (Wildman–Crippen LogP) is 0.148. The number of amides is 2. The minimum Gasteiger partial charge on any atom is -0.506 e. The molecule has 7 nitrogen and oxygen atoms in total. The van der Waals surface area contributed by atoms with Crippen LogP contribution in [0.1, 0.15) is 20.7 Å². The Morgan fingerprint density at radius 1 is 1.14 bits per heavy atom. The average Bonchev–Trinajstić information content (AvgIpc) is 2.67. The number of carbonyl (C=O) groups is 2. The molecular formula is C13H8FN3O4. The number of halogens is 1. The number of nitrogens with one attached hydrogen (secondary N) is 1. The summed E-state index contributed by atoms with van der Waals surface area (Å²) in [6, 6.07) is 3.91. The first-order valence-electron chi connectivity index (χ1n) is 5.80. The number of nitrogens with zero attached hydrogens (tertiary/aromatic N) is 1. The molecule has 2 aromatic rings. The Kier molecular flexibility index (Phi) is 2.55. The molecule has 1 aromatic carbocycles. The Morgan fingerprint density at radius 2 is 1.86 bits per heavy atom. The molecule has 0 saturated carbocycles. The first-order valence-corrected chi connectivity index (χ1v) is 5.80. The van der Waals surface area contributed by atoms with E-state index < -0.39 is 28.9 Å². The Bertz CT molecular complexity index is 872. The molecule has 0 spiro atoms. The number of aromatic nitrogens is 1. The van der Waals surface area contributed by atoms with Crippen LogP contribution in [0, 0.1) is 5.82 Å². The predicted molar refractivity (Wildman–Crippen MR) is 69.9 cm³/mol. The summed E-state index contributed by atoms with van der Waals surface area (Å²) >= 11 is 0. The third-order valence-electron chi connectivity index (χ3n) is 3.13. The summed E-state index contributed by atoms with van der Waals surface area (Å²) in [5.74, 6) is -2.97. The molecule has 1 aliphatic heterocycles. The molecule has 0 atom stereocenters. The number of hydrogen-bond donors (Lipinski definition) is 3. The van der Waals surface area contributed by atoms with Crippen LogP contribution in [0.3, 0.4) is 0 Å². The number of nitrogen functional groups attached to an aromatic ring is 1.